The normalized spacial score (nSPS) is 9.80. The highest BCUT2D eigenvalue weighted by molar-refractivity contribution is 5.93. The number of nitriles is 1. The van der Waals surface area contributed by atoms with Crippen LogP contribution in [0.4, 0.5) is 5.69 Å². The van der Waals surface area contributed by atoms with Crippen molar-refractivity contribution in [1.82, 2.24) is 4.98 Å². The van der Waals surface area contributed by atoms with Gasteiger partial charge in [-0.25, -0.2) is 9.78 Å². The number of rotatable bonds is 3. The number of esters is 1. The molecule has 20 heavy (non-hydrogen) atoms. The minimum absolute atomic E-state index is 0.316. The Labute approximate surface area is 116 Å². The summed E-state index contributed by atoms with van der Waals surface area (Å²) >= 11 is 0. The number of nitrogens with zero attached hydrogens (tertiary/aromatic N) is 2. The highest BCUT2D eigenvalue weighted by Gasteiger charge is 2.10. The zero-order valence-corrected chi connectivity index (χ0v) is 11.0. The molecule has 0 bridgehead atoms. The molecule has 0 amide bonds. The summed E-state index contributed by atoms with van der Waals surface area (Å²) in [4.78, 5) is 15.7. The summed E-state index contributed by atoms with van der Waals surface area (Å²) in [6.07, 6.45) is 1.55. The largest absolute Gasteiger partial charge is 0.462 e. The molecule has 1 aromatic carbocycles. The average molecular weight is 267 g/mol. The minimum Gasteiger partial charge on any atom is -0.462 e. The Hall–Kier alpha value is -2.87. The van der Waals surface area contributed by atoms with Gasteiger partial charge in [0.15, 0.2) is 0 Å². The van der Waals surface area contributed by atoms with E-state index in [2.05, 4.69) is 4.98 Å². The van der Waals surface area contributed by atoms with Gasteiger partial charge in [0.2, 0.25) is 0 Å². The summed E-state index contributed by atoms with van der Waals surface area (Å²) < 4.78 is 4.96. The molecule has 1 aromatic heterocycles. The molecule has 0 saturated heterocycles. The lowest BCUT2D eigenvalue weighted by Crippen LogP contribution is -2.05. The summed E-state index contributed by atoms with van der Waals surface area (Å²) in [5.74, 6) is -0.393. The molecule has 0 fully saturated rings. The van der Waals surface area contributed by atoms with Crippen molar-refractivity contribution >= 4 is 11.7 Å². The van der Waals surface area contributed by atoms with Gasteiger partial charge in [-0.3, -0.25) is 0 Å². The molecule has 0 spiro atoms. The van der Waals surface area contributed by atoms with Crippen LogP contribution in [0.1, 0.15) is 23.0 Å². The highest BCUT2D eigenvalue weighted by atomic mass is 16.5. The predicted octanol–water partition coefficient (Wildman–Crippen LogP) is 2.38. The fraction of sp³-hybridized carbons (Fsp3) is 0.133. The van der Waals surface area contributed by atoms with Crippen LogP contribution in [0.15, 0.2) is 36.5 Å². The van der Waals surface area contributed by atoms with Gasteiger partial charge in [0.25, 0.3) is 0 Å². The van der Waals surface area contributed by atoms with Crippen molar-refractivity contribution < 1.29 is 9.53 Å². The van der Waals surface area contributed by atoms with Crippen molar-refractivity contribution in [3.05, 3.63) is 47.8 Å². The number of benzene rings is 1. The Bertz CT molecular complexity index is 673. The monoisotopic (exact) mass is 267 g/mol. The second-order valence-corrected chi connectivity index (χ2v) is 4.07. The second kappa shape index (κ2) is 5.85. The number of hydrogen-bond acceptors (Lipinski definition) is 5. The van der Waals surface area contributed by atoms with Crippen LogP contribution in [0, 0.1) is 11.3 Å². The third-order valence-corrected chi connectivity index (χ3v) is 2.75. The Morgan fingerprint density at radius 2 is 2.20 bits per heavy atom. The Kier molecular flexibility index (Phi) is 3.96. The minimum atomic E-state index is -0.393. The number of nitrogen functional groups attached to an aromatic ring is 1. The number of nitrogens with two attached hydrogens (primary N) is 1. The van der Waals surface area contributed by atoms with E-state index < -0.39 is 5.97 Å². The lowest BCUT2D eigenvalue weighted by molar-refractivity contribution is 0.0526. The van der Waals surface area contributed by atoms with Crippen LogP contribution in [0.25, 0.3) is 11.1 Å². The number of pyridine rings is 1. The first-order chi connectivity index (χ1) is 9.65. The molecule has 0 saturated carbocycles. The van der Waals surface area contributed by atoms with Gasteiger partial charge in [-0.1, -0.05) is 0 Å². The molecule has 2 aromatic rings. The number of aromatic nitrogens is 1. The summed E-state index contributed by atoms with van der Waals surface area (Å²) in [6.45, 7) is 2.07. The van der Waals surface area contributed by atoms with Crippen LogP contribution >= 0.6 is 0 Å². The molecule has 0 aliphatic rings. The van der Waals surface area contributed by atoms with E-state index in [-0.39, 0.29) is 0 Å². The van der Waals surface area contributed by atoms with E-state index in [1.54, 1.807) is 43.5 Å². The van der Waals surface area contributed by atoms with Crippen molar-refractivity contribution in [2.45, 2.75) is 6.92 Å². The summed E-state index contributed by atoms with van der Waals surface area (Å²) in [6, 6.07) is 10.2. The van der Waals surface area contributed by atoms with Gasteiger partial charge in [0, 0.05) is 23.0 Å². The fourth-order valence-electron chi connectivity index (χ4n) is 1.77. The van der Waals surface area contributed by atoms with E-state index in [9.17, 15) is 4.79 Å². The first-order valence-corrected chi connectivity index (χ1v) is 6.09. The van der Waals surface area contributed by atoms with Crippen LogP contribution in [0.5, 0.6) is 0 Å². The van der Waals surface area contributed by atoms with E-state index in [0.29, 0.717) is 29.1 Å². The maximum absolute atomic E-state index is 11.7. The standard InChI is InChI=1S/C15H13N3O2/c1-2-20-15(19)10-4-6-14(17)13(7-10)11-3-5-12(8-16)18-9-11/h3-7,9H,2,17H2,1H3. The van der Waals surface area contributed by atoms with Gasteiger partial charge in [-0.05, 0) is 37.3 Å². The number of carbonyl (C=O) groups is 1. The number of hydrogen-bond donors (Lipinski definition) is 1. The molecule has 0 aliphatic carbocycles. The second-order valence-electron chi connectivity index (χ2n) is 4.07. The molecule has 0 unspecified atom stereocenters. The van der Waals surface area contributed by atoms with Crippen LogP contribution in [-0.2, 0) is 4.74 Å². The van der Waals surface area contributed by atoms with Crippen molar-refractivity contribution in [3.63, 3.8) is 0 Å². The molecule has 5 heteroatoms. The molecule has 0 aliphatic heterocycles. The summed E-state index contributed by atoms with van der Waals surface area (Å²) in [7, 11) is 0. The Balaban J connectivity index is 2.42. The molecule has 2 N–H and O–H groups in total. The molecular formula is C15H13N3O2. The number of anilines is 1. The quantitative estimate of drug-likeness (QED) is 0.681. The first kappa shape index (κ1) is 13.6. The van der Waals surface area contributed by atoms with Crippen molar-refractivity contribution in [1.29, 1.82) is 5.26 Å². The van der Waals surface area contributed by atoms with Gasteiger partial charge in [0.1, 0.15) is 11.8 Å². The molecule has 100 valence electrons. The average Bonchev–Trinajstić information content (AvgIpc) is 2.48. The number of ether oxygens (including phenoxy) is 1. The van der Waals surface area contributed by atoms with Crippen molar-refractivity contribution in [2.75, 3.05) is 12.3 Å². The lowest BCUT2D eigenvalue weighted by Gasteiger charge is -2.08. The van der Waals surface area contributed by atoms with Crippen LogP contribution in [-0.4, -0.2) is 17.6 Å². The summed E-state index contributed by atoms with van der Waals surface area (Å²) in [5, 5.41) is 8.73. The first-order valence-electron chi connectivity index (χ1n) is 6.09. The maximum atomic E-state index is 11.7. The van der Waals surface area contributed by atoms with Crippen LogP contribution < -0.4 is 5.73 Å². The van der Waals surface area contributed by atoms with Gasteiger partial charge in [-0.2, -0.15) is 5.26 Å². The maximum Gasteiger partial charge on any atom is 0.338 e. The smallest absolute Gasteiger partial charge is 0.338 e. The Morgan fingerprint density at radius 1 is 1.40 bits per heavy atom. The molecule has 1 heterocycles. The zero-order chi connectivity index (χ0) is 14.5. The van der Waals surface area contributed by atoms with Gasteiger partial charge in [-0.15, -0.1) is 0 Å². The van der Waals surface area contributed by atoms with Crippen LogP contribution in [0.3, 0.4) is 0 Å². The third-order valence-electron chi connectivity index (χ3n) is 2.75. The molecule has 5 nitrogen and oxygen atoms in total. The lowest BCUT2D eigenvalue weighted by atomic mass is 10.0. The third kappa shape index (κ3) is 2.75. The number of carbonyl (C=O) groups excluding carboxylic acids is 1. The predicted molar refractivity (Wildman–Crippen MR) is 74.8 cm³/mol. The van der Waals surface area contributed by atoms with Gasteiger partial charge >= 0.3 is 5.97 Å². The fourth-order valence-corrected chi connectivity index (χ4v) is 1.77. The van der Waals surface area contributed by atoms with Gasteiger partial charge < -0.3 is 10.5 Å². The molecule has 0 radical (unpaired) electrons. The molecule has 0 atom stereocenters. The van der Waals surface area contributed by atoms with Crippen LogP contribution in [0.2, 0.25) is 0 Å². The highest BCUT2D eigenvalue weighted by Crippen LogP contribution is 2.26. The van der Waals surface area contributed by atoms with Gasteiger partial charge in [0.05, 0.1) is 12.2 Å². The van der Waals surface area contributed by atoms with E-state index >= 15 is 0 Å². The zero-order valence-electron chi connectivity index (χ0n) is 11.0. The van der Waals surface area contributed by atoms with E-state index in [4.69, 9.17) is 15.7 Å². The molecular weight excluding hydrogens is 254 g/mol. The molecule has 2 rings (SSSR count). The Morgan fingerprint density at radius 3 is 2.80 bits per heavy atom. The van der Waals surface area contributed by atoms with E-state index in [0.717, 1.165) is 5.56 Å². The van der Waals surface area contributed by atoms with Crippen molar-refractivity contribution in [2.24, 2.45) is 0 Å². The van der Waals surface area contributed by atoms with E-state index in [1.165, 1.54) is 0 Å². The van der Waals surface area contributed by atoms with E-state index in [1.807, 2.05) is 6.07 Å². The summed E-state index contributed by atoms with van der Waals surface area (Å²) in [5.41, 5.74) is 8.64. The van der Waals surface area contributed by atoms with Crippen molar-refractivity contribution in [3.8, 4) is 17.2 Å². The SMILES string of the molecule is CCOC(=O)c1ccc(N)c(-c2ccc(C#N)nc2)c1. The topological polar surface area (TPSA) is 89.0 Å².